The largest absolute Gasteiger partial charge is 0.465 e. The topological polar surface area (TPSA) is 55.8 Å². The van der Waals surface area contributed by atoms with Crippen LogP contribution >= 0.6 is 12.6 Å². The summed E-state index contributed by atoms with van der Waals surface area (Å²) < 4.78 is 10.4. The summed E-state index contributed by atoms with van der Waals surface area (Å²) >= 11 is 3.97. The molecule has 0 aromatic rings. The Morgan fingerprint density at radius 3 is 2.63 bits per heavy atom. The van der Waals surface area contributed by atoms with Crippen molar-refractivity contribution in [2.24, 2.45) is 5.92 Å². The summed E-state index contributed by atoms with van der Waals surface area (Å²) in [6, 6.07) is 0. The van der Waals surface area contributed by atoms with Crippen LogP contribution in [-0.2, 0) is 14.3 Å². The molecule has 0 aliphatic carbocycles. The van der Waals surface area contributed by atoms with Crippen molar-refractivity contribution < 1.29 is 19.1 Å². The first-order valence-corrected chi connectivity index (χ1v) is 7.19. The van der Waals surface area contributed by atoms with Crippen LogP contribution in [0.3, 0.4) is 0 Å². The van der Waals surface area contributed by atoms with Gasteiger partial charge in [0.1, 0.15) is 5.60 Å². The number of carbonyl (C=O) groups excluding carboxylic acids is 2. The minimum Gasteiger partial charge on any atom is -0.465 e. The monoisotopic (exact) mass is 289 g/mol. The third kappa shape index (κ3) is 6.18. The van der Waals surface area contributed by atoms with E-state index >= 15 is 0 Å². The highest BCUT2D eigenvalue weighted by molar-refractivity contribution is 7.80. The molecule has 1 unspecified atom stereocenters. The van der Waals surface area contributed by atoms with Crippen LogP contribution in [0.2, 0.25) is 0 Å². The molecule has 0 N–H and O–H groups in total. The van der Waals surface area contributed by atoms with E-state index in [2.05, 4.69) is 12.6 Å². The minimum absolute atomic E-state index is 0.205. The highest BCUT2D eigenvalue weighted by atomic mass is 32.1. The summed E-state index contributed by atoms with van der Waals surface area (Å²) in [5, 5.41) is 0. The molecule has 5 nitrogen and oxygen atoms in total. The smallest absolute Gasteiger partial charge is 0.410 e. The van der Waals surface area contributed by atoms with E-state index < -0.39 is 5.60 Å². The maximum absolute atomic E-state index is 11.8. The average molecular weight is 289 g/mol. The molecule has 1 amide bonds. The Bertz CT molecular complexity index is 327. The summed E-state index contributed by atoms with van der Waals surface area (Å²) in [6.45, 7) is 7.14. The minimum atomic E-state index is -0.478. The summed E-state index contributed by atoms with van der Waals surface area (Å²) in [7, 11) is 0. The van der Waals surface area contributed by atoms with Crippen LogP contribution in [-0.4, -0.2) is 48.0 Å². The number of hydrogen-bond acceptors (Lipinski definition) is 5. The van der Waals surface area contributed by atoms with E-state index in [-0.39, 0.29) is 18.0 Å². The Hall–Kier alpha value is -0.910. The molecule has 0 saturated carbocycles. The fourth-order valence-electron chi connectivity index (χ4n) is 1.84. The summed E-state index contributed by atoms with van der Waals surface area (Å²) in [4.78, 5) is 24.7. The zero-order valence-corrected chi connectivity index (χ0v) is 12.7. The van der Waals surface area contributed by atoms with E-state index in [0.29, 0.717) is 31.9 Å². The number of carbonyl (C=O) groups is 2. The number of amides is 1. The quantitative estimate of drug-likeness (QED) is 0.636. The first-order valence-electron chi connectivity index (χ1n) is 6.56. The van der Waals surface area contributed by atoms with Gasteiger partial charge in [-0.15, -0.1) is 0 Å². The van der Waals surface area contributed by atoms with Gasteiger partial charge in [-0.3, -0.25) is 4.79 Å². The Balaban J connectivity index is 2.29. The standard InChI is InChI=1S/C13H23NO4S/c1-13(2,3)18-12(16)14-6-4-10(8-14)9-17-11(15)5-7-19/h10,19H,4-9H2,1-3H3. The molecule has 1 heterocycles. The first kappa shape index (κ1) is 16.1. The molecule has 1 saturated heterocycles. The van der Waals surface area contributed by atoms with E-state index in [4.69, 9.17) is 9.47 Å². The van der Waals surface area contributed by atoms with Crippen LogP contribution in [0, 0.1) is 5.92 Å². The molecular weight excluding hydrogens is 266 g/mol. The fourth-order valence-corrected chi connectivity index (χ4v) is 2.02. The van der Waals surface area contributed by atoms with Crippen molar-refractivity contribution in [3.05, 3.63) is 0 Å². The van der Waals surface area contributed by atoms with Gasteiger partial charge in [-0.25, -0.2) is 4.79 Å². The van der Waals surface area contributed by atoms with Gasteiger partial charge in [0.25, 0.3) is 0 Å². The molecule has 19 heavy (non-hydrogen) atoms. The predicted molar refractivity (Wildman–Crippen MR) is 75.3 cm³/mol. The Morgan fingerprint density at radius 1 is 1.37 bits per heavy atom. The molecule has 0 aromatic carbocycles. The highest BCUT2D eigenvalue weighted by Gasteiger charge is 2.30. The van der Waals surface area contributed by atoms with E-state index in [1.807, 2.05) is 20.8 Å². The lowest BCUT2D eigenvalue weighted by Crippen LogP contribution is -2.35. The molecule has 1 fully saturated rings. The molecule has 110 valence electrons. The van der Waals surface area contributed by atoms with E-state index in [9.17, 15) is 9.59 Å². The van der Waals surface area contributed by atoms with Gasteiger partial charge in [-0.1, -0.05) is 0 Å². The molecule has 1 rings (SSSR count). The lowest BCUT2D eigenvalue weighted by atomic mass is 10.1. The van der Waals surface area contributed by atoms with Gasteiger partial charge in [0, 0.05) is 24.8 Å². The number of ether oxygens (including phenoxy) is 2. The SMILES string of the molecule is CC(C)(C)OC(=O)N1CCC(COC(=O)CCS)C1. The maximum atomic E-state index is 11.8. The van der Waals surface area contributed by atoms with Crippen molar-refractivity contribution in [3.8, 4) is 0 Å². The van der Waals surface area contributed by atoms with Gasteiger partial charge in [0.15, 0.2) is 0 Å². The molecule has 6 heteroatoms. The molecule has 0 radical (unpaired) electrons. The third-order valence-electron chi connectivity index (χ3n) is 2.73. The van der Waals surface area contributed by atoms with Gasteiger partial charge in [0.05, 0.1) is 13.0 Å². The Kier molecular flexibility index (Phi) is 5.97. The van der Waals surface area contributed by atoms with Crippen molar-refractivity contribution in [2.45, 2.75) is 39.2 Å². The van der Waals surface area contributed by atoms with Gasteiger partial charge in [-0.05, 0) is 27.2 Å². The van der Waals surface area contributed by atoms with Gasteiger partial charge in [-0.2, -0.15) is 12.6 Å². The van der Waals surface area contributed by atoms with E-state index in [1.165, 1.54) is 0 Å². The van der Waals surface area contributed by atoms with Crippen LogP contribution in [0.25, 0.3) is 0 Å². The van der Waals surface area contributed by atoms with Crippen molar-refractivity contribution in [2.75, 3.05) is 25.4 Å². The molecule has 1 aliphatic heterocycles. The molecule has 0 bridgehead atoms. The second-order valence-electron chi connectivity index (χ2n) is 5.74. The molecule has 1 atom stereocenters. The molecule has 0 aromatic heterocycles. The van der Waals surface area contributed by atoms with Crippen molar-refractivity contribution >= 4 is 24.7 Å². The molecule has 1 aliphatic rings. The number of rotatable bonds is 4. The van der Waals surface area contributed by atoms with Crippen molar-refractivity contribution in [3.63, 3.8) is 0 Å². The Morgan fingerprint density at radius 2 is 2.05 bits per heavy atom. The van der Waals surface area contributed by atoms with E-state index in [1.54, 1.807) is 4.90 Å². The van der Waals surface area contributed by atoms with Crippen LogP contribution in [0.15, 0.2) is 0 Å². The fraction of sp³-hybridized carbons (Fsp3) is 0.846. The van der Waals surface area contributed by atoms with Crippen LogP contribution in [0.1, 0.15) is 33.6 Å². The number of nitrogens with zero attached hydrogens (tertiary/aromatic N) is 1. The second-order valence-corrected chi connectivity index (χ2v) is 6.18. The molecule has 0 spiro atoms. The lowest BCUT2D eigenvalue weighted by Gasteiger charge is -2.24. The van der Waals surface area contributed by atoms with Crippen LogP contribution in [0.4, 0.5) is 4.79 Å². The number of esters is 1. The normalized spacial score (nSPS) is 19.4. The average Bonchev–Trinajstić information content (AvgIpc) is 2.73. The maximum Gasteiger partial charge on any atom is 0.410 e. The summed E-state index contributed by atoms with van der Waals surface area (Å²) in [5.41, 5.74) is -0.478. The van der Waals surface area contributed by atoms with Crippen LogP contribution < -0.4 is 0 Å². The highest BCUT2D eigenvalue weighted by Crippen LogP contribution is 2.19. The number of thiol groups is 1. The van der Waals surface area contributed by atoms with Gasteiger partial charge < -0.3 is 14.4 Å². The van der Waals surface area contributed by atoms with Gasteiger partial charge >= 0.3 is 12.1 Å². The lowest BCUT2D eigenvalue weighted by molar-refractivity contribution is -0.144. The van der Waals surface area contributed by atoms with Gasteiger partial charge in [0.2, 0.25) is 0 Å². The van der Waals surface area contributed by atoms with Crippen LogP contribution in [0.5, 0.6) is 0 Å². The zero-order chi connectivity index (χ0) is 14.5. The summed E-state index contributed by atoms with van der Waals surface area (Å²) in [6.07, 6.45) is 0.871. The van der Waals surface area contributed by atoms with Crippen molar-refractivity contribution in [1.82, 2.24) is 4.90 Å². The second kappa shape index (κ2) is 7.03. The molecular formula is C13H23NO4S. The zero-order valence-electron chi connectivity index (χ0n) is 11.8. The van der Waals surface area contributed by atoms with Crippen molar-refractivity contribution in [1.29, 1.82) is 0 Å². The Labute approximate surface area is 120 Å². The van der Waals surface area contributed by atoms with E-state index in [0.717, 1.165) is 6.42 Å². The first-order chi connectivity index (χ1) is 8.81. The number of hydrogen-bond donors (Lipinski definition) is 1. The number of likely N-dealkylation sites (tertiary alicyclic amines) is 1. The summed E-state index contributed by atoms with van der Waals surface area (Å²) in [5.74, 6) is 0.468. The predicted octanol–water partition coefficient (Wildman–Crippen LogP) is 2.11. The third-order valence-corrected chi connectivity index (χ3v) is 2.96.